The maximum absolute atomic E-state index is 12.2. The summed E-state index contributed by atoms with van der Waals surface area (Å²) < 4.78 is 4.95. The summed E-state index contributed by atoms with van der Waals surface area (Å²) in [6, 6.07) is 1.62. The summed E-state index contributed by atoms with van der Waals surface area (Å²) in [5, 5.41) is 0.177. The quantitative estimate of drug-likeness (QED) is 0.901. The van der Waals surface area contributed by atoms with Gasteiger partial charge in [-0.1, -0.05) is 0 Å². The van der Waals surface area contributed by atoms with Crippen LogP contribution >= 0.6 is 11.6 Å². The first-order chi connectivity index (χ1) is 8.22. The number of furan rings is 1. The van der Waals surface area contributed by atoms with Gasteiger partial charge in [-0.3, -0.25) is 4.79 Å². The van der Waals surface area contributed by atoms with Crippen LogP contribution in [0.3, 0.4) is 0 Å². The Morgan fingerprint density at radius 2 is 2.47 bits per heavy atom. The SMILES string of the molecule is NCCC1CCCN(C(=O)c2ccoc2Cl)C1. The number of likely N-dealkylation sites (tertiary alicyclic amines) is 1. The number of carbonyl (C=O) groups is 1. The van der Waals surface area contributed by atoms with Gasteiger partial charge in [0.05, 0.1) is 11.8 Å². The maximum atomic E-state index is 12.2. The van der Waals surface area contributed by atoms with Crippen LogP contribution in [0.1, 0.15) is 29.6 Å². The third kappa shape index (κ3) is 2.82. The van der Waals surface area contributed by atoms with Gasteiger partial charge in [-0.25, -0.2) is 0 Å². The van der Waals surface area contributed by atoms with E-state index >= 15 is 0 Å². The molecule has 4 nitrogen and oxygen atoms in total. The third-order valence-corrected chi connectivity index (χ3v) is 3.52. The van der Waals surface area contributed by atoms with Crippen molar-refractivity contribution in [2.75, 3.05) is 19.6 Å². The van der Waals surface area contributed by atoms with Crippen molar-refractivity contribution in [2.45, 2.75) is 19.3 Å². The smallest absolute Gasteiger partial charge is 0.258 e. The average Bonchev–Trinajstić information content (AvgIpc) is 2.75. The standard InChI is InChI=1S/C12H17ClN2O2/c13-11-10(4-7-17-11)12(16)15-6-1-2-9(8-15)3-5-14/h4,7,9H,1-3,5-6,8,14H2. The summed E-state index contributed by atoms with van der Waals surface area (Å²) in [7, 11) is 0. The molecule has 1 saturated heterocycles. The van der Waals surface area contributed by atoms with Gasteiger partial charge in [-0.15, -0.1) is 0 Å². The summed E-state index contributed by atoms with van der Waals surface area (Å²) in [4.78, 5) is 14.0. The number of rotatable bonds is 3. The lowest BCUT2D eigenvalue weighted by atomic mass is 9.94. The minimum absolute atomic E-state index is 0.0366. The zero-order chi connectivity index (χ0) is 12.3. The molecule has 1 aliphatic rings. The Hall–Kier alpha value is -1.00. The molecule has 0 radical (unpaired) electrons. The van der Waals surface area contributed by atoms with Crippen LogP contribution in [0.2, 0.25) is 5.22 Å². The van der Waals surface area contributed by atoms with Crippen molar-refractivity contribution in [3.63, 3.8) is 0 Å². The fourth-order valence-electron chi connectivity index (χ4n) is 2.34. The van der Waals surface area contributed by atoms with Crippen molar-refractivity contribution in [1.82, 2.24) is 4.90 Å². The van der Waals surface area contributed by atoms with E-state index in [1.807, 2.05) is 4.90 Å². The third-order valence-electron chi connectivity index (χ3n) is 3.23. The van der Waals surface area contributed by atoms with Gasteiger partial charge in [0.2, 0.25) is 5.22 Å². The highest BCUT2D eigenvalue weighted by Crippen LogP contribution is 2.24. The van der Waals surface area contributed by atoms with Crippen molar-refractivity contribution in [2.24, 2.45) is 11.7 Å². The molecule has 1 fully saturated rings. The van der Waals surface area contributed by atoms with Crippen molar-refractivity contribution < 1.29 is 9.21 Å². The molecule has 1 amide bonds. The highest BCUT2D eigenvalue weighted by atomic mass is 35.5. The Labute approximate surface area is 106 Å². The van der Waals surface area contributed by atoms with Crippen LogP contribution in [0.5, 0.6) is 0 Å². The summed E-state index contributed by atoms with van der Waals surface area (Å²) in [6.07, 6.45) is 4.60. The van der Waals surface area contributed by atoms with Gasteiger partial charge in [-0.2, -0.15) is 0 Å². The normalized spacial score (nSPS) is 20.6. The van der Waals surface area contributed by atoms with E-state index in [9.17, 15) is 4.79 Å². The Balaban J connectivity index is 2.02. The van der Waals surface area contributed by atoms with Gasteiger partial charge in [0.1, 0.15) is 0 Å². The molecule has 5 heteroatoms. The predicted octanol–water partition coefficient (Wildman–Crippen LogP) is 2.13. The molecule has 1 aromatic heterocycles. The molecule has 17 heavy (non-hydrogen) atoms. The molecule has 2 N–H and O–H groups in total. The molecule has 1 atom stereocenters. The second-order valence-corrected chi connectivity index (χ2v) is 4.79. The van der Waals surface area contributed by atoms with Crippen molar-refractivity contribution >= 4 is 17.5 Å². The Bertz CT molecular complexity index is 390. The zero-order valence-corrected chi connectivity index (χ0v) is 10.4. The van der Waals surface area contributed by atoms with E-state index in [0.717, 1.165) is 32.4 Å². The molecule has 2 heterocycles. The topological polar surface area (TPSA) is 59.5 Å². The minimum Gasteiger partial charge on any atom is -0.452 e. The summed E-state index contributed by atoms with van der Waals surface area (Å²) in [5.74, 6) is 0.480. The van der Waals surface area contributed by atoms with Gasteiger partial charge in [0, 0.05) is 13.1 Å². The van der Waals surface area contributed by atoms with Crippen LogP contribution in [0, 0.1) is 5.92 Å². The van der Waals surface area contributed by atoms with E-state index in [0.29, 0.717) is 18.0 Å². The van der Waals surface area contributed by atoms with Gasteiger partial charge in [0.15, 0.2) is 0 Å². The summed E-state index contributed by atoms with van der Waals surface area (Å²) >= 11 is 5.82. The number of nitrogens with two attached hydrogens (primary N) is 1. The van der Waals surface area contributed by atoms with Crippen molar-refractivity contribution in [3.8, 4) is 0 Å². The first kappa shape index (κ1) is 12.5. The van der Waals surface area contributed by atoms with Crippen molar-refractivity contribution in [3.05, 3.63) is 23.1 Å². The van der Waals surface area contributed by atoms with Gasteiger partial charge in [-0.05, 0) is 49.4 Å². The number of halogens is 1. The monoisotopic (exact) mass is 256 g/mol. The molecule has 1 aromatic rings. The molecule has 1 unspecified atom stereocenters. The molecule has 2 rings (SSSR count). The van der Waals surface area contributed by atoms with E-state index in [1.165, 1.54) is 6.26 Å². The van der Waals surface area contributed by atoms with E-state index < -0.39 is 0 Å². The molecule has 94 valence electrons. The lowest BCUT2D eigenvalue weighted by Gasteiger charge is -2.32. The van der Waals surface area contributed by atoms with E-state index in [-0.39, 0.29) is 11.1 Å². The number of amides is 1. The van der Waals surface area contributed by atoms with Gasteiger partial charge in [0.25, 0.3) is 5.91 Å². The minimum atomic E-state index is -0.0366. The maximum Gasteiger partial charge on any atom is 0.258 e. The first-order valence-corrected chi connectivity index (χ1v) is 6.32. The lowest BCUT2D eigenvalue weighted by molar-refractivity contribution is 0.0669. The fraction of sp³-hybridized carbons (Fsp3) is 0.583. The summed E-state index contributed by atoms with van der Waals surface area (Å²) in [6.45, 7) is 2.25. The Morgan fingerprint density at radius 3 is 3.12 bits per heavy atom. The molecular formula is C12H17ClN2O2. The fourth-order valence-corrected chi connectivity index (χ4v) is 2.53. The van der Waals surface area contributed by atoms with Crippen LogP contribution in [0.25, 0.3) is 0 Å². The zero-order valence-electron chi connectivity index (χ0n) is 9.69. The molecule has 0 spiro atoms. The number of hydrogen-bond acceptors (Lipinski definition) is 3. The predicted molar refractivity (Wildman–Crippen MR) is 66.0 cm³/mol. The van der Waals surface area contributed by atoms with Gasteiger partial charge < -0.3 is 15.1 Å². The molecule has 0 saturated carbocycles. The molecule has 0 aliphatic carbocycles. The number of carbonyl (C=O) groups excluding carboxylic acids is 1. The molecule has 0 bridgehead atoms. The van der Waals surface area contributed by atoms with Crippen LogP contribution in [0.15, 0.2) is 16.7 Å². The largest absolute Gasteiger partial charge is 0.452 e. The lowest BCUT2D eigenvalue weighted by Crippen LogP contribution is -2.40. The second-order valence-electron chi connectivity index (χ2n) is 4.44. The van der Waals surface area contributed by atoms with E-state index in [2.05, 4.69) is 0 Å². The average molecular weight is 257 g/mol. The van der Waals surface area contributed by atoms with Crippen LogP contribution in [-0.2, 0) is 0 Å². The highest BCUT2D eigenvalue weighted by molar-refractivity contribution is 6.32. The Morgan fingerprint density at radius 1 is 1.65 bits per heavy atom. The molecule has 1 aliphatic heterocycles. The van der Waals surface area contributed by atoms with E-state index in [1.54, 1.807) is 6.07 Å². The summed E-state index contributed by atoms with van der Waals surface area (Å²) in [5.41, 5.74) is 6.02. The number of hydrogen-bond donors (Lipinski definition) is 1. The van der Waals surface area contributed by atoms with Crippen LogP contribution in [0.4, 0.5) is 0 Å². The van der Waals surface area contributed by atoms with Crippen LogP contribution in [-0.4, -0.2) is 30.4 Å². The number of nitrogens with zero attached hydrogens (tertiary/aromatic N) is 1. The first-order valence-electron chi connectivity index (χ1n) is 5.94. The molecular weight excluding hydrogens is 240 g/mol. The second kappa shape index (κ2) is 5.56. The van der Waals surface area contributed by atoms with Gasteiger partial charge >= 0.3 is 0 Å². The van der Waals surface area contributed by atoms with Crippen LogP contribution < -0.4 is 5.73 Å². The van der Waals surface area contributed by atoms with E-state index in [4.69, 9.17) is 21.8 Å². The van der Waals surface area contributed by atoms with Crippen molar-refractivity contribution in [1.29, 1.82) is 0 Å². The Kier molecular flexibility index (Phi) is 4.07. The molecule has 0 aromatic carbocycles. The highest BCUT2D eigenvalue weighted by Gasteiger charge is 2.26. The number of piperidine rings is 1.